The summed E-state index contributed by atoms with van der Waals surface area (Å²) in [4.78, 5) is 28.0. The second-order valence-electron chi connectivity index (χ2n) is 9.76. The quantitative estimate of drug-likeness (QED) is 0.243. The number of ether oxygens (including phenoxy) is 3. The number of halogens is 1. The molecule has 218 valence electrons. The van der Waals surface area contributed by atoms with E-state index in [9.17, 15) is 14.0 Å². The van der Waals surface area contributed by atoms with Gasteiger partial charge >= 0.3 is 6.09 Å². The van der Waals surface area contributed by atoms with Crippen LogP contribution in [0.15, 0.2) is 65.9 Å². The van der Waals surface area contributed by atoms with E-state index >= 15 is 0 Å². The van der Waals surface area contributed by atoms with Gasteiger partial charge in [-0.25, -0.2) is 4.79 Å². The molecule has 0 radical (unpaired) electrons. The molecule has 3 aromatic rings. The molecule has 0 unspecified atom stereocenters. The Kier molecular flexibility index (Phi) is 10.8. The van der Waals surface area contributed by atoms with Gasteiger partial charge in [0, 0.05) is 37.8 Å². The largest absolute Gasteiger partial charge is 0.493 e. The van der Waals surface area contributed by atoms with Crippen LogP contribution in [0.2, 0.25) is 0 Å². The second kappa shape index (κ2) is 14.7. The van der Waals surface area contributed by atoms with E-state index in [-0.39, 0.29) is 18.1 Å². The van der Waals surface area contributed by atoms with Gasteiger partial charge in [0.1, 0.15) is 6.10 Å². The van der Waals surface area contributed by atoms with E-state index in [1.807, 2.05) is 29.6 Å². The van der Waals surface area contributed by atoms with E-state index in [0.717, 1.165) is 16.7 Å². The van der Waals surface area contributed by atoms with Crippen LogP contribution in [0.5, 0.6) is 11.5 Å². The van der Waals surface area contributed by atoms with Crippen LogP contribution in [0.3, 0.4) is 0 Å². The summed E-state index contributed by atoms with van der Waals surface area (Å²) in [5.41, 5.74) is 3.98. The number of hydrogen-bond acceptors (Lipinski definition) is 7. The van der Waals surface area contributed by atoms with Crippen molar-refractivity contribution in [3.63, 3.8) is 0 Å². The number of benzene rings is 2. The van der Waals surface area contributed by atoms with Crippen molar-refractivity contribution in [3.8, 4) is 22.6 Å². The minimum Gasteiger partial charge on any atom is -0.493 e. The lowest BCUT2D eigenvalue weighted by Gasteiger charge is -2.23. The van der Waals surface area contributed by atoms with Crippen molar-refractivity contribution in [3.05, 3.63) is 77.0 Å². The number of likely N-dealkylation sites (tertiary alicyclic amines) is 1. The fourth-order valence-electron chi connectivity index (χ4n) is 5.01. The highest BCUT2D eigenvalue weighted by atomic mass is 32.1. The van der Waals surface area contributed by atoms with Gasteiger partial charge in [-0.15, -0.1) is 6.58 Å². The number of amides is 2. The van der Waals surface area contributed by atoms with E-state index in [1.54, 1.807) is 29.5 Å². The number of rotatable bonds is 13. The van der Waals surface area contributed by atoms with Crippen molar-refractivity contribution in [1.29, 1.82) is 0 Å². The van der Waals surface area contributed by atoms with Crippen molar-refractivity contribution < 1.29 is 28.2 Å². The van der Waals surface area contributed by atoms with Crippen LogP contribution >= 0.6 is 11.3 Å². The maximum atomic E-state index is 13.2. The number of hydrogen-bond donors (Lipinski definition) is 2. The predicted molar refractivity (Wildman–Crippen MR) is 160 cm³/mol. The van der Waals surface area contributed by atoms with Crippen LogP contribution in [0.4, 0.5) is 14.9 Å². The first-order valence-corrected chi connectivity index (χ1v) is 14.4. The number of carbonyl (C=O) groups is 2. The highest BCUT2D eigenvalue weighted by Gasteiger charge is 2.34. The Bertz CT molecular complexity index is 1320. The molecule has 1 fully saturated rings. The molecule has 10 heteroatoms. The van der Waals surface area contributed by atoms with Crippen LogP contribution in [0.1, 0.15) is 28.8 Å². The summed E-state index contributed by atoms with van der Waals surface area (Å²) in [7, 11) is 2.98. The maximum Gasteiger partial charge on any atom is 0.411 e. The lowest BCUT2D eigenvalue weighted by atomic mass is 10.0. The molecule has 4 rings (SSSR count). The Morgan fingerprint density at radius 1 is 1.15 bits per heavy atom. The molecule has 41 heavy (non-hydrogen) atoms. The highest BCUT2D eigenvalue weighted by molar-refractivity contribution is 7.08. The lowest BCUT2D eigenvalue weighted by Crippen LogP contribution is -2.40. The minimum absolute atomic E-state index is 0.0674. The van der Waals surface area contributed by atoms with Gasteiger partial charge in [0.25, 0.3) is 5.91 Å². The number of methoxy groups -OCH3 is 2. The first-order chi connectivity index (χ1) is 19.9. The van der Waals surface area contributed by atoms with Gasteiger partial charge < -0.3 is 19.5 Å². The van der Waals surface area contributed by atoms with Crippen LogP contribution in [-0.2, 0) is 11.2 Å². The van der Waals surface area contributed by atoms with Gasteiger partial charge in [0.15, 0.2) is 11.5 Å². The summed E-state index contributed by atoms with van der Waals surface area (Å²) < 4.78 is 29.4. The summed E-state index contributed by atoms with van der Waals surface area (Å²) in [5.74, 6) is 0.419. The Labute approximate surface area is 244 Å². The third-order valence-corrected chi connectivity index (χ3v) is 7.68. The lowest BCUT2D eigenvalue weighted by molar-refractivity contribution is 0.0937. The summed E-state index contributed by atoms with van der Waals surface area (Å²) in [6.07, 6.45) is 2.30. The molecule has 2 heterocycles. The number of aryl methyl sites for hydroxylation is 1. The highest BCUT2D eigenvalue weighted by Crippen LogP contribution is 2.33. The molecule has 1 aliphatic heterocycles. The summed E-state index contributed by atoms with van der Waals surface area (Å²) in [6, 6.07) is 13.1. The number of nitrogens with zero attached hydrogens (tertiary/aromatic N) is 1. The van der Waals surface area contributed by atoms with Crippen LogP contribution < -0.4 is 20.1 Å². The molecule has 1 saturated heterocycles. The number of anilines is 1. The fraction of sp³-hybridized carbons (Fsp3) is 0.355. The van der Waals surface area contributed by atoms with Gasteiger partial charge in [-0.1, -0.05) is 18.2 Å². The van der Waals surface area contributed by atoms with E-state index in [4.69, 9.17) is 14.2 Å². The fourth-order valence-corrected chi connectivity index (χ4v) is 5.67. The second-order valence-corrected chi connectivity index (χ2v) is 10.5. The van der Waals surface area contributed by atoms with Gasteiger partial charge in [0.05, 0.1) is 26.5 Å². The van der Waals surface area contributed by atoms with E-state index in [1.165, 1.54) is 14.2 Å². The first kappa shape index (κ1) is 30.1. The van der Waals surface area contributed by atoms with Crippen molar-refractivity contribution in [1.82, 2.24) is 10.2 Å². The number of alkyl halides is 1. The Hall–Kier alpha value is -3.89. The molecule has 2 aromatic carbocycles. The zero-order valence-corrected chi connectivity index (χ0v) is 24.2. The van der Waals surface area contributed by atoms with Crippen LogP contribution in [0, 0.1) is 0 Å². The maximum absolute atomic E-state index is 13.2. The molecular formula is C31H36FN3O5S. The minimum atomic E-state index is -0.525. The SMILES string of the molecule is C=CCN1C[C@@H](OC(=O)Nc2ccc(-c3ccsc3)cc2)C[C@H]1CNC(=O)c1cc(CCCF)cc(OC)c1OC. The van der Waals surface area contributed by atoms with Gasteiger partial charge in [-0.05, 0) is 70.6 Å². The number of carbonyl (C=O) groups excluding carboxylic acids is 2. The Balaban J connectivity index is 1.35. The normalized spacial score (nSPS) is 16.7. The standard InChI is InChI=1S/C31H36FN3O5S/c1-4-13-35-19-26(40-31(37)34-24-9-7-22(8-10-24)23-11-14-41-20-23)17-25(35)18-33-30(36)27-15-21(6-5-12-32)16-28(38-2)29(27)39-3/h4,7-11,14-16,20,25-26H,1,5-6,12-13,17-19H2,2-3H3,(H,33,36)(H,34,37)/t25-,26-/m0/s1. The van der Waals surface area contributed by atoms with Crippen molar-refractivity contribution in [2.75, 3.05) is 45.8 Å². The predicted octanol–water partition coefficient (Wildman–Crippen LogP) is 5.94. The Morgan fingerprint density at radius 3 is 2.61 bits per heavy atom. The van der Waals surface area contributed by atoms with Crippen LogP contribution in [-0.4, -0.2) is 69.6 Å². The van der Waals surface area contributed by atoms with Crippen molar-refractivity contribution in [2.45, 2.75) is 31.4 Å². The molecular weight excluding hydrogens is 545 g/mol. The smallest absolute Gasteiger partial charge is 0.411 e. The monoisotopic (exact) mass is 581 g/mol. The molecule has 8 nitrogen and oxygen atoms in total. The average molecular weight is 582 g/mol. The molecule has 1 aromatic heterocycles. The first-order valence-electron chi connectivity index (χ1n) is 13.5. The van der Waals surface area contributed by atoms with Crippen LogP contribution in [0.25, 0.3) is 11.1 Å². The summed E-state index contributed by atoms with van der Waals surface area (Å²) in [6.45, 7) is 4.83. The molecule has 2 atom stereocenters. The summed E-state index contributed by atoms with van der Waals surface area (Å²) in [5, 5.41) is 9.89. The summed E-state index contributed by atoms with van der Waals surface area (Å²) >= 11 is 1.64. The molecule has 2 amide bonds. The molecule has 0 bridgehead atoms. The zero-order chi connectivity index (χ0) is 29.2. The Morgan fingerprint density at radius 2 is 1.95 bits per heavy atom. The average Bonchev–Trinajstić information content (AvgIpc) is 3.65. The number of thiophene rings is 1. The van der Waals surface area contributed by atoms with E-state index in [2.05, 4.69) is 33.6 Å². The van der Waals surface area contributed by atoms with Crippen molar-refractivity contribution >= 4 is 29.0 Å². The topological polar surface area (TPSA) is 89.1 Å². The third-order valence-electron chi connectivity index (χ3n) is 6.99. The van der Waals surface area contributed by atoms with Gasteiger partial charge in [-0.3, -0.25) is 19.4 Å². The molecule has 0 saturated carbocycles. The van der Waals surface area contributed by atoms with Gasteiger partial charge in [0.2, 0.25) is 0 Å². The third kappa shape index (κ3) is 7.86. The molecule has 1 aliphatic rings. The molecule has 0 spiro atoms. The van der Waals surface area contributed by atoms with Gasteiger partial charge in [-0.2, -0.15) is 11.3 Å². The van der Waals surface area contributed by atoms with E-state index < -0.39 is 12.8 Å². The van der Waals surface area contributed by atoms with Crippen molar-refractivity contribution in [2.24, 2.45) is 0 Å². The molecule has 0 aliphatic carbocycles. The molecule has 2 N–H and O–H groups in total. The van der Waals surface area contributed by atoms with E-state index in [0.29, 0.717) is 61.6 Å². The number of nitrogens with one attached hydrogen (secondary N) is 2. The zero-order valence-electron chi connectivity index (χ0n) is 23.4.